The quantitative estimate of drug-likeness (QED) is 0.460. The van der Waals surface area contributed by atoms with Crippen LogP contribution in [0.3, 0.4) is 0 Å². The van der Waals surface area contributed by atoms with E-state index in [1.165, 1.54) is 43.2 Å². The molecule has 0 bridgehead atoms. The molecule has 4 rings (SSSR count). The van der Waals surface area contributed by atoms with Crippen molar-refractivity contribution in [2.75, 3.05) is 18.8 Å². The molecule has 1 atom stereocenters. The van der Waals surface area contributed by atoms with E-state index in [4.69, 9.17) is 0 Å². The van der Waals surface area contributed by atoms with Crippen LogP contribution in [0.25, 0.3) is 5.69 Å². The van der Waals surface area contributed by atoms with Crippen molar-refractivity contribution in [3.8, 4) is 5.69 Å². The SMILES string of the molecule is C[C@@H](NC(=O)CCSc1nnc(CN2CCCCC2)n1-c1ccc(F)cc1)c1ccccc1. The van der Waals surface area contributed by atoms with E-state index in [-0.39, 0.29) is 17.8 Å². The summed E-state index contributed by atoms with van der Waals surface area (Å²) in [6, 6.07) is 16.3. The summed E-state index contributed by atoms with van der Waals surface area (Å²) in [5.41, 5.74) is 1.91. The van der Waals surface area contributed by atoms with E-state index in [9.17, 15) is 9.18 Å². The van der Waals surface area contributed by atoms with Crippen molar-refractivity contribution in [3.63, 3.8) is 0 Å². The summed E-state index contributed by atoms with van der Waals surface area (Å²) in [4.78, 5) is 14.9. The molecule has 2 aromatic carbocycles. The Labute approximate surface area is 198 Å². The summed E-state index contributed by atoms with van der Waals surface area (Å²) in [7, 11) is 0. The van der Waals surface area contributed by atoms with Gasteiger partial charge in [0.1, 0.15) is 5.82 Å². The van der Waals surface area contributed by atoms with Gasteiger partial charge in [-0.05, 0) is 62.7 Å². The average molecular weight is 468 g/mol. The Morgan fingerprint density at radius 2 is 1.79 bits per heavy atom. The zero-order chi connectivity index (χ0) is 23.0. The molecule has 1 fully saturated rings. The number of piperidine rings is 1. The zero-order valence-corrected chi connectivity index (χ0v) is 19.7. The number of halogens is 1. The van der Waals surface area contributed by atoms with Crippen LogP contribution in [0.1, 0.15) is 50.0 Å². The molecule has 33 heavy (non-hydrogen) atoms. The zero-order valence-electron chi connectivity index (χ0n) is 18.9. The van der Waals surface area contributed by atoms with Gasteiger partial charge in [-0.1, -0.05) is 48.5 Å². The smallest absolute Gasteiger partial charge is 0.221 e. The van der Waals surface area contributed by atoms with Crippen molar-refractivity contribution in [2.24, 2.45) is 0 Å². The second-order valence-electron chi connectivity index (χ2n) is 8.35. The average Bonchev–Trinajstić information content (AvgIpc) is 3.23. The molecule has 0 radical (unpaired) electrons. The molecule has 1 N–H and O–H groups in total. The fourth-order valence-corrected chi connectivity index (χ4v) is 4.95. The predicted molar refractivity (Wildman–Crippen MR) is 129 cm³/mol. The fraction of sp³-hybridized carbons (Fsp3) is 0.400. The highest BCUT2D eigenvalue weighted by Crippen LogP contribution is 2.24. The molecule has 1 aliphatic rings. The lowest BCUT2D eigenvalue weighted by Crippen LogP contribution is -2.30. The predicted octanol–water partition coefficient (Wildman–Crippen LogP) is 4.75. The van der Waals surface area contributed by atoms with Crippen LogP contribution in [0.5, 0.6) is 0 Å². The van der Waals surface area contributed by atoms with Crippen molar-refractivity contribution in [1.29, 1.82) is 0 Å². The first kappa shape index (κ1) is 23.4. The molecule has 2 heterocycles. The lowest BCUT2D eigenvalue weighted by molar-refractivity contribution is -0.121. The number of rotatable bonds is 9. The van der Waals surface area contributed by atoms with Gasteiger partial charge >= 0.3 is 0 Å². The highest BCUT2D eigenvalue weighted by Gasteiger charge is 2.19. The van der Waals surface area contributed by atoms with Gasteiger partial charge in [0.2, 0.25) is 5.91 Å². The number of hydrogen-bond donors (Lipinski definition) is 1. The standard InChI is InChI=1S/C25H30FN5OS/c1-19(20-8-4-2-5-9-20)27-24(32)14-17-33-25-29-28-23(18-30-15-6-3-7-16-30)31(25)22-12-10-21(26)11-13-22/h2,4-5,8-13,19H,3,6-7,14-18H2,1H3,(H,27,32)/t19-/m1/s1. The molecule has 0 unspecified atom stereocenters. The minimum Gasteiger partial charge on any atom is -0.350 e. The maximum absolute atomic E-state index is 13.5. The van der Waals surface area contributed by atoms with Gasteiger partial charge in [-0.3, -0.25) is 14.3 Å². The summed E-state index contributed by atoms with van der Waals surface area (Å²) in [5.74, 6) is 1.15. The second kappa shape index (κ2) is 11.4. The van der Waals surface area contributed by atoms with Crippen molar-refractivity contribution in [3.05, 3.63) is 71.8 Å². The molecule has 0 saturated carbocycles. The lowest BCUT2D eigenvalue weighted by atomic mass is 10.1. The highest BCUT2D eigenvalue weighted by molar-refractivity contribution is 7.99. The Bertz CT molecular complexity index is 1030. The van der Waals surface area contributed by atoms with Crippen LogP contribution in [-0.4, -0.2) is 44.4 Å². The van der Waals surface area contributed by atoms with Gasteiger partial charge < -0.3 is 5.32 Å². The van der Waals surface area contributed by atoms with Gasteiger partial charge in [0.05, 0.1) is 12.6 Å². The summed E-state index contributed by atoms with van der Waals surface area (Å²) in [6.45, 7) is 4.80. The molecule has 174 valence electrons. The highest BCUT2D eigenvalue weighted by atomic mass is 32.2. The van der Waals surface area contributed by atoms with Crippen LogP contribution < -0.4 is 5.32 Å². The van der Waals surface area contributed by atoms with Crippen molar-refractivity contribution < 1.29 is 9.18 Å². The number of likely N-dealkylation sites (tertiary alicyclic amines) is 1. The van der Waals surface area contributed by atoms with E-state index in [0.717, 1.165) is 35.3 Å². The molecule has 1 saturated heterocycles. The molecular formula is C25H30FN5OS. The second-order valence-corrected chi connectivity index (χ2v) is 9.41. The summed E-state index contributed by atoms with van der Waals surface area (Å²) in [6.07, 6.45) is 4.04. The largest absolute Gasteiger partial charge is 0.350 e. The van der Waals surface area contributed by atoms with E-state index in [0.29, 0.717) is 18.7 Å². The number of nitrogens with zero attached hydrogens (tertiary/aromatic N) is 4. The first-order valence-electron chi connectivity index (χ1n) is 11.5. The van der Waals surface area contributed by atoms with Gasteiger partial charge in [-0.2, -0.15) is 0 Å². The van der Waals surface area contributed by atoms with Gasteiger partial charge in [0.15, 0.2) is 11.0 Å². The number of benzene rings is 2. The Morgan fingerprint density at radius 3 is 2.52 bits per heavy atom. The molecule has 1 aliphatic heterocycles. The monoisotopic (exact) mass is 467 g/mol. The minimum atomic E-state index is -0.275. The molecule has 6 nitrogen and oxygen atoms in total. The molecule has 1 aromatic heterocycles. The van der Waals surface area contributed by atoms with E-state index in [1.54, 1.807) is 12.1 Å². The number of amides is 1. The normalized spacial score (nSPS) is 15.3. The molecule has 1 amide bonds. The van der Waals surface area contributed by atoms with Crippen LogP contribution in [-0.2, 0) is 11.3 Å². The van der Waals surface area contributed by atoms with E-state index >= 15 is 0 Å². The first-order chi connectivity index (χ1) is 16.1. The number of hydrogen-bond acceptors (Lipinski definition) is 5. The van der Waals surface area contributed by atoms with Crippen LogP contribution in [0.15, 0.2) is 59.8 Å². The number of thioether (sulfide) groups is 1. The fourth-order valence-electron chi connectivity index (χ4n) is 4.04. The molecular weight excluding hydrogens is 437 g/mol. The van der Waals surface area contributed by atoms with Gasteiger partial charge in [-0.15, -0.1) is 10.2 Å². The minimum absolute atomic E-state index is 0.000223. The van der Waals surface area contributed by atoms with Gasteiger partial charge in [0.25, 0.3) is 0 Å². The molecule has 8 heteroatoms. The third-order valence-electron chi connectivity index (χ3n) is 5.84. The van der Waals surface area contributed by atoms with Gasteiger partial charge in [0, 0.05) is 17.9 Å². The maximum atomic E-state index is 13.5. The van der Waals surface area contributed by atoms with Gasteiger partial charge in [-0.25, -0.2) is 4.39 Å². The third-order valence-corrected chi connectivity index (χ3v) is 6.77. The first-order valence-corrected chi connectivity index (χ1v) is 12.5. The Morgan fingerprint density at radius 1 is 1.06 bits per heavy atom. The lowest BCUT2D eigenvalue weighted by Gasteiger charge is -2.26. The summed E-state index contributed by atoms with van der Waals surface area (Å²) >= 11 is 1.50. The van der Waals surface area contributed by atoms with Crippen LogP contribution in [0.4, 0.5) is 4.39 Å². The van der Waals surface area contributed by atoms with Crippen LogP contribution >= 0.6 is 11.8 Å². The topological polar surface area (TPSA) is 63.1 Å². The molecule has 3 aromatic rings. The summed E-state index contributed by atoms with van der Waals surface area (Å²) in [5, 5.41) is 12.6. The van der Waals surface area contributed by atoms with Crippen molar-refractivity contribution >= 4 is 17.7 Å². The van der Waals surface area contributed by atoms with E-state index in [1.807, 2.05) is 41.8 Å². The third kappa shape index (κ3) is 6.42. The molecule has 0 aliphatic carbocycles. The Hall–Kier alpha value is -2.71. The number of aromatic nitrogens is 3. The molecule has 0 spiro atoms. The Balaban J connectivity index is 1.41. The van der Waals surface area contributed by atoms with Crippen molar-refractivity contribution in [1.82, 2.24) is 25.0 Å². The van der Waals surface area contributed by atoms with E-state index < -0.39 is 0 Å². The number of carbonyl (C=O) groups excluding carboxylic acids is 1. The summed E-state index contributed by atoms with van der Waals surface area (Å²) < 4.78 is 15.5. The van der Waals surface area contributed by atoms with Crippen molar-refractivity contribution in [2.45, 2.75) is 50.4 Å². The van der Waals surface area contributed by atoms with Crippen LogP contribution in [0.2, 0.25) is 0 Å². The van der Waals surface area contributed by atoms with Crippen LogP contribution in [0, 0.1) is 5.82 Å². The number of nitrogens with one attached hydrogen (secondary N) is 1. The number of carbonyl (C=O) groups is 1. The van der Waals surface area contributed by atoms with E-state index in [2.05, 4.69) is 20.4 Å². The maximum Gasteiger partial charge on any atom is 0.221 e. The Kier molecular flexibility index (Phi) is 8.12.